The van der Waals surface area contributed by atoms with E-state index in [9.17, 15) is 9.59 Å². The number of nitrogens with one attached hydrogen (secondary N) is 1. The van der Waals surface area contributed by atoms with Gasteiger partial charge in [-0.15, -0.1) is 0 Å². The van der Waals surface area contributed by atoms with E-state index in [-0.39, 0.29) is 23.3 Å². The summed E-state index contributed by atoms with van der Waals surface area (Å²) in [5.41, 5.74) is 0.732. The average Bonchev–Trinajstić information content (AvgIpc) is 3.52. The number of nitrogens with zero attached hydrogens (tertiary/aromatic N) is 2. The molecule has 0 atom stereocenters. The van der Waals surface area contributed by atoms with Gasteiger partial charge in [-0.1, -0.05) is 6.07 Å². The van der Waals surface area contributed by atoms with Crippen molar-refractivity contribution < 1.29 is 14.3 Å². The Morgan fingerprint density at radius 1 is 1.35 bits per heavy atom. The number of hydrogen-bond donors (Lipinski definition) is 1. The molecule has 0 aromatic heterocycles. The van der Waals surface area contributed by atoms with E-state index in [1.54, 1.807) is 31.4 Å². The molecule has 3 rings (SSSR count). The van der Waals surface area contributed by atoms with Crippen molar-refractivity contribution in [2.24, 2.45) is 5.92 Å². The number of methoxy groups -OCH3 is 1. The summed E-state index contributed by atoms with van der Waals surface area (Å²) < 4.78 is 5.23. The van der Waals surface area contributed by atoms with E-state index in [1.807, 2.05) is 4.90 Å². The van der Waals surface area contributed by atoms with Crippen molar-refractivity contribution in [3.8, 4) is 6.07 Å². The van der Waals surface area contributed by atoms with Crippen LogP contribution in [0, 0.1) is 17.2 Å². The van der Waals surface area contributed by atoms with Gasteiger partial charge in [-0.05, 0) is 50.3 Å². The highest BCUT2D eigenvalue weighted by Gasteiger charge is 2.40. The lowest BCUT2D eigenvalue weighted by Gasteiger charge is -2.42. The molecular weight excluding hydrogens is 330 g/mol. The molecule has 6 nitrogen and oxygen atoms in total. The summed E-state index contributed by atoms with van der Waals surface area (Å²) in [4.78, 5) is 26.8. The van der Waals surface area contributed by atoms with E-state index in [4.69, 9.17) is 10.00 Å². The van der Waals surface area contributed by atoms with E-state index in [0.29, 0.717) is 30.8 Å². The van der Waals surface area contributed by atoms with Gasteiger partial charge in [0.15, 0.2) is 0 Å². The Hall–Kier alpha value is -2.39. The molecule has 0 radical (unpaired) electrons. The molecule has 1 aliphatic carbocycles. The van der Waals surface area contributed by atoms with Gasteiger partial charge in [0.25, 0.3) is 5.91 Å². The lowest BCUT2D eigenvalue weighted by atomic mass is 9.84. The fourth-order valence-corrected chi connectivity index (χ4v) is 3.49. The van der Waals surface area contributed by atoms with E-state index < -0.39 is 0 Å². The third-order valence-corrected chi connectivity index (χ3v) is 5.37. The van der Waals surface area contributed by atoms with Gasteiger partial charge >= 0.3 is 0 Å². The Morgan fingerprint density at radius 2 is 2.08 bits per heavy atom. The minimum atomic E-state index is -0.291. The van der Waals surface area contributed by atoms with Crippen molar-refractivity contribution in [2.45, 2.75) is 37.6 Å². The second-order valence-electron chi connectivity index (χ2n) is 7.27. The first kappa shape index (κ1) is 18.4. The van der Waals surface area contributed by atoms with Gasteiger partial charge in [0.2, 0.25) is 5.91 Å². The molecule has 6 heteroatoms. The molecule has 0 bridgehead atoms. The molecule has 1 saturated heterocycles. The van der Waals surface area contributed by atoms with Gasteiger partial charge < -0.3 is 15.0 Å². The molecule has 1 heterocycles. The maximum absolute atomic E-state index is 12.7. The van der Waals surface area contributed by atoms with Crippen molar-refractivity contribution in [1.82, 2.24) is 10.2 Å². The lowest BCUT2D eigenvalue weighted by Crippen LogP contribution is -2.57. The maximum Gasteiger partial charge on any atom is 0.253 e. The number of hydrogen-bond acceptors (Lipinski definition) is 4. The zero-order valence-corrected chi connectivity index (χ0v) is 15.2. The van der Waals surface area contributed by atoms with Gasteiger partial charge in [0.05, 0.1) is 11.6 Å². The summed E-state index contributed by atoms with van der Waals surface area (Å²) in [5, 5.41) is 12.3. The molecular formula is C20H25N3O3. The Bertz CT molecular complexity index is 713. The Kier molecular flexibility index (Phi) is 5.58. The summed E-state index contributed by atoms with van der Waals surface area (Å²) in [5.74, 6) is 0.251. The number of rotatable bonds is 6. The molecule has 26 heavy (non-hydrogen) atoms. The highest BCUT2D eigenvalue weighted by Crippen LogP contribution is 2.33. The number of benzene rings is 1. The van der Waals surface area contributed by atoms with Crippen molar-refractivity contribution in [3.63, 3.8) is 0 Å². The van der Waals surface area contributed by atoms with E-state index in [2.05, 4.69) is 11.4 Å². The van der Waals surface area contributed by atoms with Crippen LogP contribution in [0.5, 0.6) is 0 Å². The van der Waals surface area contributed by atoms with Crippen molar-refractivity contribution in [2.75, 3.05) is 26.8 Å². The minimum absolute atomic E-state index is 0.0593. The summed E-state index contributed by atoms with van der Waals surface area (Å²) >= 11 is 0. The number of ether oxygens (including phenoxy) is 1. The first-order chi connectivity index (χ1) is 12.6. The molecule has 0 spiro atoms. The van der Waals surface area contributed by atoms with Crippen molar-refractivity contribution >= 4 is 11.8 Å². The summed E-state index contributed by atoms with van der Waals surface area (Å²) in [6.45, 7) is 1.76. The predicted molar refractivity (Wildman–Crippen MR) is 96.4 cm³/mol. The SMILES string of the molecule is COCCC1(NC(=O)C2CC2)CCN(C(=O)c2cccc(C#N)c2)CC1. The van der Waals surface area contributed by atoms with E-state index in [0.717, 1.165) is 32.1 Å². The molecule has 1 aromatic carbocycles. The van der Waals surface area contributed by atoms with Crippen LogP contribution in [0.3, 0.4) is 0 Å². The molecule has 1 N–H and O–H groups in total. The monoisotopic (exact) mass is 355 g/mol. The van der Waals surface area contributed by atoms with E-state index >= 15 is 0 Å². The molecule has 2 aliphatic rings. The van der Waals surface area contributed by atoms with Crippen LogP contribution in [0.2, 0.25) is 0 Å². The van der Waals surface area contributed by atoms with Gasteiger partial charge in [-0.2, -0.15) is 5.26 Å². The second kappa shape index (κ2) is 7.88. The van der Waals surface area contributed by atoms with Crippen LogP contribution in [0.1, 0.15) is 48.0 Å². The molecule has 2 amide bonds. The zero-order chi connectivity index (χ0) is 18.6. The van der Waals surface area contributed by atoms with Gasteiger partial charge in [0.1, 0.15) is 0 Å². The second-order valence-corrected chi connectivity index (χ2v) is 7.27. The van der Waals surface area contributed by atoms with Crippen LogP contribution >= 0.6 is 0 Å². The number of carbonyl (C=O) groups excluding carboxylic acids is 2. The summed E-state index contributed by atoms with van der Waals surface area (Å²) in [6, 6.07) is 8.86. The normalized spacial score (nSPS) is 18.8. The first-order valence-corrected chi connectivity index (χ1v) is 9.17. The van der Waals surface area contributed by atoms with Crippen molar-refractivity contribution in [3.05, 3.63) is 35.4 Å². The van der Waals surface area contributed by atoms with Gasteiger partial charge in [0, 0.05) is 43.8 Å². The van der Waals surface area contributed by atoms with Gasteiger partial charge in [-0.25, -0.2) is 0 Å². The number of amides is 2. The van der Waals surface area contributed by atoms with Crippen molar-refractivity contribution in [1.29, 1.82) is 5.26 Å². The summed E-state index contributed by atoms with van der Waals surface area (Å²) in [7, 11) is 1.66. The predicted octanol–water partition coefficient (Wildman–Crippen LogP) is 2.10. The number of likely N-dealkylation sites (tertiary alicyclic amines) is 1. The molecule has 1 saturated carbocycles. The molecule has 1 aromatic rings. The Labute approximate surface area is 154 Å². The molecule has 138 valence electrons. The highest BCUT2D eigenvalue weighted by atomic mass is 16.5. The number of carbonyl (C=O) groups is 2. The van der Waals surface area contributed by atoms with E-state index in [1.165, 1.54) is 0 Å². The Morgan fingerprint density at radius 3 is 2.69 bits per heavy atom. The van der Waals surface area contributed by atoms with Crippen LogP contribution in [0.25, 0.3) is 0 Å². The number of nitriles is 1. The van der Waals surface area contributed by atoms with Crippen LogP contribution < -0.4 is 5.32 Å². The third kappa shape index (κ3) is 4.23. The summed E-state index contributed by atoms with van der Waals surface area (Å²) in [6.07, 6.45) is 4.16. The molecule has 2 fully saturated rings. The fraction of sp³-hybridized carbons (Fsp3) is 0.550. The average molecular weight is 355 g/mol. The smallest absolute Gasteiger partial charge is 0.253 e. The highest BCUT2D eigenvalue weighted by molar-refractivity contribution is 5.94. The fourth-order valence-electron chi connectivity index (χ4n) is 3.49. The van der Waals surface area contributed by atoms with Crippen LogP contribution in [-0.2, 0) is 9.53 Å². The quantitative estimate of drug-likeness (QED) is 0.847. The van der Waals surface area contributed by atoms with Crippen LogP contribution in [0.4, 0.5) is 0 Å². The topological polar surface area (TPSA) is 82.4 Å². The largest absolute Gasteiger partial charge is 0.385 e. The minimum Gasteiger partial charge on any atom is -0.385 e. The van der Waals surface area contributed by atoms with Crippen LogP contribution in [-0.4, -0.2) is 49.1 Å². The molecule has 0 unspecified atom stereocenters. The third-order valence-electron chi connectivity index (χ3n) is 5.37. The maximum atomic E-state index is 12.7. The van der Waals surface area contributed by atoms with Crippen LogP contribution in [0.15, 0.2) is 24.3 Å². The molecule has 1 aliphatic heterocycles. The standard InChI is InChI=1S/C20H25N3O3/c1-26-12-9-20(22-18(24)16-5-6-16)7-10-23(11-8-20)19(25)17-4-2-3-15(13-17)14-21/h2-4,13,16H,5-12H2,1H3,(H,22,24). The lowest BCUT2D eigenvalue weighted by molar-refractivity contribution is -0.125. The zero-order valence-electron chi connectivity index (χ0n) is 15.2. The Balaban J connectivity index is 1.65. The van der Waals surface area contributed by atoms with Gasteiger partial charge in [-0.3, -0.25) is 9.59 Å². The number of piperidine rings is 1. The first-order valence-electron chi connectivity index (χ1n) is 9.17.